The Morgan fingerprint density at radius 2 is 1.79 bits per heavy atom. The summed E-state index contributed by atoms with van der Waals surface area (Å²) >= 11 is 5.87. The predicted octanol–water partition coefficient (Wildman–Crippen LogP) is 5.98. The molecule has 3 aromatic carbocycles. The van der Waals surface area contributed by atoms with Gasteiger partial charge in [0.15, 0.2) is 18.1 Å². The molecule has 0 amide bonds. The molecule has 8 nitrogen and oxygen atoms in total. The van der Waals surface area contributed by atoms with Crippen molar-refractivity contribution in [2.45, 2.75) is 26.2 Å². The highest BCUT2D eigenvalue weighted by Gasteiger charge is 2.31. The van der Waals surface area contributed by atoms with Crippen LogP contribution in [0.5, 0.6) is 28.7 Å². The molecule has 0 bridgehead atoms. The summed E-state index contributed by atoms with van der Waals surface area (Å²) in [5.41, 5.74) is 7.87. The zero-order chi connectivity index (χ0) is 27.9. The highest BCUT2D eigenvalue weighted by molar-refractivity contribution is 6.30. The average molecular weight is 549 g/mol. The second kappa shape index (κ2) is 12.5. The third-order valence-electron chi connectivity index (χ3n) is 6.07. The van der Waals surface area contributed by atoms with Crippen LogP contribution in [0.4, 0.5) is 0 Å². The molecule has 3 aromatic rings. The number of halogens is 1. The largest absolute Gasteiger partial charge is 0.493 e. The molecule has 0 fully saturated rings. The standard InChI is InChI=1S/C30H29ClN2O6/c1-18(2)12-13-36-25-11-4-19(14-27(25)35-3)29-23-10-9-22(15-26(23)39-30(33)24(29)16-32)38-28(34)17-37-21-7-5-20(31)6-8-21/h4-11,14-15,18,29H,12-13,17,33H2,1-3H3. The number of allylic oxidation sites excluding steroid dienone is 1. The molecule has 1 atom stereocenters. The normalized spacial score (nSPS) is 14.2. The molecule has 4 rings (SSSR count). The van der Waals surface area contributed by atoms with E-state index in [1.54, 1.807) is 49.6 Å². The van der Waals surface area contributed by atoms with Gasteiger partial charge in [0.1, 0.15) is 28.9 Å². The van der Waals surface area contributed by atoms with Crippen LogP contribution in [0.1, 0.15) is 37.3 Å². The minimum atomic E-state index is -0.601. The van der Waals surface area contributed by atoms with Crippen LogP contribution in [0.15, 0.2) is 72.1 Å². The van der Waals surface area contributed by atoms with Gasteiger partial charge >= 0.3 is 5.97 Å². The van der Waals surface area contributed by atoms with Gasteiger partial charge in [-0.25, -0.2) is 4.79 Å². The summed E-state index contributed by atoms with van der Waals surface area (Å²) in [6.07, 6.45) is 0.913. The van der Waals surface area contributed by atoms with Crippen LogP contribution in [0.25, 0.3) is 0 Å². The van der Waals surface area contributed by atoms with E-state index in [0.29, 0.717) is 46.1 Å². The summed E-state index contributed by atoms with van der Waals surface area (Å²) in [5.74, 6) is 1.64. The SMILES string of the molecule is COc1cc(C2C(C#N)=C(N)Oc3cc(OC(=O)COc4ccc(Cl)cc4)ccc32)ccc1OCCC(C)C. The lowest BCUT2D eigenvalue weighted by atomic mass is 9.83. The molecule has 0 saturated carbocycles. The van der Waals surface area contributed by atoms with Crippen molar-refractivity contribution in [2.75, 3.05) is 20.3 Å². The number of nitrogens with two attached hydrogens (primary N) is 1. The van der Waals surface area contributed by atoms with Gasteiger partial charge in [-0.05, 0) is 60.4 Å². The Balaban J connectivity index is 1.54. The molecule has 0 aromatic heterocycles. The van der Waals surface area contributed by atoms with Crippen molar-refractivity contribution in [3.63, 3.8) is 0 Å². The van der Waals surface area contributed by atoms with E-state index in [9.17, 15) is 10.1 Å². The number of fused-ring (bicyclic) bond motifs is 1. The van der Waals surface area contributed by atoms with Gasteiger partial charge in [-0.1, -0.05) is 37.6 Å². The first-order valence-corrected chi connectivity index (χ1v) is 12.8. The van der Waals surface area contributed by atoms with Crippen molar-refractivity contribution >= 4 is 17.6 Å². The van der Waals surface area contributed by atoms with E-state index in [2.05, 4.69) is 19.9 Å². The molecule has 0 spiro atoms. The van der Waals surface area contributed by atoms with Gasteiger partial charge in [0, 0.05) is 16.7 Å². The molecule has 39 heavy (non-hydrogen) atoms. The molecular weight excluding hydrogens is 520 g/mol. The third kappa shape index (κ3) is 6.75. The van der Waals surface area contributed by atoms with E-state index in [0.717, 1.165) is 12.0 Å². The summed E-state index contributed by atoms with van der Waals surface area (Å²) in [4.78, 5) is 12.4. The first-order chi connectivity index (χ1) is 18.8. The topological polar surface area (TPSA) is 113 Å². The summed E-state index contributed by atoms with van der Waals surface area (Å²) in [7, 11) is 1.57. The van der Waals surface area contributed by atoms with Crippen molar-refractivity contribution in [2.24, 2.45) is 11.7 Å². The molecule has 1 unspecified atom stereocenters. The van der Waals surface area contributed by atoms with E-state index >= 15 is 0 Å². The van der Waals surface area contributed by atoms with Crippen molar-refractivity contribution in [3.8, 4) is 34.8 Å². The lowest BCUT2D eigenvalue weighted by molar-refractivity contribution is -0.136. The highest BCUT2D eigenvalue weighted by atomic mass is 35.5. The maximum absolute atomic E-state index is 12.4. The summed E-state index contributed by atoms with van der Waals surface area (Å²) in [6, 6.07) is 19.3. The van der Waals surface area contributed by atoms with E-state index in [4.69, 9.17) is 41.0 Å². The van der Waals surface area contributed by atoms with E-state index in [1.807, 2.05) is 18.2 Å². The molecule has 1 aliphatic heterocycles. The Labute approximate surface area is 232 Å². The average Bonchev–Trinajstić information content (AvgIpc) is 2.92. The monoisotopic (exact) mass is 548 g/mol. The van der Waals surface area contributed by atoms with E-state index in [1.165, 1.54) is 0 Å². The molecule has 1 aliphatic rings. The first-order valence-electron chi connectivity index (χ1n) is 12.4. The van der Waals surface area contributed by atoms with Crippen LogP contribution < -0.4 is 29.4 Å². The Morgan fingerprint density at radius 1 is 1.05 bits per heavy atom. The van der Waals surface area contributed by atoms with Crippen LogP contribution >= 0.6 is 11.6 Å². The molecule has 2 N–H and O–H groups in total. The fourth-order valence-electron chi connectivity index (χ4n) is 4.06. The van der Waals surface area contributed by atoms with Gasteiger partial charge in [0.2, 0.25) is 5.88 Å². The van der Waals surface area contributed by atoms with Gasteiger partial charge in [-0.2, -0.15) is 5.26 Å². The molecule has 202 valence electrons. The molecule has 0 radical (unpaired) electrons. The van der Waals surface area contributed by atoms with Crippen LogP contribution in [-0.4, -0.2) is 26.3 Å². The van der Waals surface area contributed by atoms with Crippen molar-refractivity contribution in [1.82, 2.24) is 0 Å². The maximum Gasteiger partial charge on any atom is 0.349 e. The number of methoxy groups -OCH3 is 1. The number of rotatable bonds is 10. The van der Waals surface area contributed by atoms with Gasteiger partial charge in [-0.3, -0.25) is 0 Å². The van der Waals surface area contributed by atoms with Gasteiger partial charge in [0.05, 0.1) is 19.6 Å². The van der Waals surface area contributed by atoms with Crippen molar-refractivity contribution in [1.29, 1.82) is 5.26 Å². The fourth-order valence-corrected chi connectivity index (χ4v) is 4.19. The predicted molar refractivity (Wildman–Crippen MR) is 146 cm³/mol. The Kier molecular flexibility index (Phi) is 8.84. The number of carbonyl (C=O) groups is 1. The highest BCUT2D eigenvalue weighted by Crippen LogP contribution is 2.45. The van der Waals surface area contributed by atoms with Crippen LogP contribution in [0.3, 0.4) is 0 Å². The number of carbonyl (C=O) groups excluding carboxylic acids is 1. The Hall–Kier alpha value is -4.35. The number of nitrogens with zero attached hydrogens (tertiary/aromatic N) is 1. The summed E-state index contributed by atoms with van der Waals surface area (Å²) in [5, 5.41) is 10.5. The lowest BCUT2D eigenvalue weighted by Gasteiger charge is -2.27. The van der Waals surface area contributed by atoms with Crippen molar-refractivity contribution < 1.29 is 28.5 Å². The number of hydrogen-bond donors (Lipinski definition) is 1. The lowest BCUT2D eigenvalue weighted by Crippen LogP contribution is -2.22. The smallest absolute Gasteiger partial charge is 0.349 e. The van der Waals surface area contributed by atoms with Crippen LogP contribution in [0, 0.1) is 17.2 Å². The van der Waals surface area contributed by atoms with Crippen LogP contribution in [0.2, 0.25) is 5.02 Å². The zero-order valence-corrected chi connectivity index (χ0v) is 22.7. The zero-order valence-electron chi connectivity index (χ0n) is 21.9. The second-order valence-electron chi connectivity index (χ2n) is 9.28. The number of hydrogen-bond acceptors (Lipinski definition) is 8. The fraction of sp³-hybridized carbons (Fsp3) is 0.267. The summed E-state index contributed by atoms with van der Waals surface area (Å²) < 4.78 is 28.1. The molecule has 9 heteroatoms. The minimum Gasteiger partial charge on any atom is -0.493 e. The Bertz CT molecular complexity index is 1410. The van der Waals surface area contributed by atoms with Crippen LogP contribution in [-0.2, 0) is 4.79 Å². The molecular formula is C30H29ClN2O6. The first kappa shape index (κ1) is 27.7. The minimum absolute atomic E-state index is 0.0271. The van der Waals surface area contributed by atoms with Gasteiger partial charge in [0.25, 0.3) is 0 Å². The maximum atomic E-state index is 12.4. The quantitative estimate of drug-likeness (QED) is 0.243. The van der Waals surface area contributed by atoms with E-state index < -0.39 is 11.9 Å². The van der Waals surface area contributed by atoms with Gasteiger partial charge < -0.3 is 29.4 Å². The number of nitriles is 1. The molecule has 1 heterocycles. The second-order valence-corrected chi connectivity index (χ2v) is 9.72. The third-order valence-corrected chi connectivity index (χ3v) is 6.32. The van der Waals surface area contributed by atoms with Gasteiger partial charge in [-0.15, -0.1) is 0 Å². The van der Waals surface area contributed by atoms with Crippen molar-refractivity contribution in [3.05, 3.63) is 88.3 Å². The number of benzene rings is 3. The Morgan fingerprint density at radius 3 is 2.49 bits per heavy atom. The molecule has 0 saturated heterocycles. The summed E-state index contributed by atoms with van der Waals surface area (Å²) in [6.45, 7) is 4.53. The number of ether oxygens (including phenoxy) is 5. The molecule has 0 aliphatic carbocycles. The number of esters is 1. The van der Waals surface area contributed by atoms with E-state index in [-0.39, 0.29) is 23.8 Å².